The van der Waals surface area contributed by atoms with Crippen LogP contribution in [0.4, 0.5) is 0 Å². The van der Waals surface area contributed by atoms with Crippen molar-refractivity contribution in [2.75, 3.05) is 7.05 Å². The summed E-state index contributed by atoms with van der Waals surface area (Å²) in [5, 5.41) is 0. The van der Waals surface area contributed by atoms with Crippen LogP contribution < -0.4 is 0 Å². The zero-order chi connectivity index (χ0) is 17.1. The third-order valence-corrected chi connectivity index (χ3v) is 4.88. The first-order valence-electron chi connectivity index (χ1n) is 7.73. The number of nitrogens with zero attached hydrogens (tertiary/aromatic N) is 1. The zero-order valence-electron chi connectivity index (χ0n) is 13.4. The minimum Gasteiger partial charge on any atom is -0.289 e. The molecule has 0 N–H and O–H groups in total. The number of allylic oxidation sites excluding steroid dienone is 1. The summed E-state index contributed by atoms with van der Waals surface area (Å²) in [6, 6.07) is 12.6. The molecule has 24 heavy (non-hydrogen) atoms. The Hall–Kier alpha value is -3.01. The van der Waals surface area contributed by atoms with Crippen molar-refractivity contribution >= 4 is 17.6 Å². The van der Waals surface area contributed by atoms with E-state index in [1.165, 1.54) is 13.1 Å². The van der Waals surface area contributed by atoms with Crippen LogP contribution in [-0.2, 0) is 10.2 Å². The summed E-state index contributed by atoms with van der Waals surface area (Å²) in [5.41, 5.74) is 2.11. The van der Waals surface area contributed by atoms with Crippen molar-refractivity contribution in [1.29, 1.82) is 0 Å². The SMILES string of the molecule is Cc1ccc2c(c1)C1(C=CC(=O)c3ccccc31)C(=O)N(C)C2=O. The van der Waals surface area contributed by atoms with Gasteiger partial charge in [0.05, 0.1) is 0 Å². The number of benzene rings is 2. The minimum atomic E-state index is -1.13. The largest absolute Gasteiger partial charge is 0.289 e. The number of ketones is 1. The Labute approximate surface area is 139 Å². The molecule has 4 heteroatoms. The maximum absolute atomic E-state index is 13.2. The molecular formula is C20H15NO3. The number of hydrogen-bond donors (Lipinski definition) is 0. The van der Waals surface area contributed by atoms with Crippen molar-refractivity contribution in [2.24, 2.45) is 0 Å². The number of amides is 2. The lowest BCUT2D eigenvalue weighted by Crippen LogP contribution is -2.53. The molecule has 0 saturated heterocycles. The lowest BCUT2D eigenvalue weighted by molar-refractivity contribution is -0.131. The average molecular weight is 317 g/mol. The average Bonchev–Trinajstić information content (AvgIpc) is 2.60. The predicted octanol–water partition coefficient (Wildman–Crippen LogP) is 2.65. The second-order valence-electron chi connectivity index (χ2n) is 6.27. The first-order valence-corrected chi connectivity index (χ1v) is 7.73. The maximum Gasteiger partial charge on any atom is 0.260 e. The molecule has 0 fully saturated rings. The minimum absolute atomic E-state index is 0.127. The Morgan fingerprint density at radius 2 is 1.67 bits per heavy atom. The summed E-state index contributed by atoms with van der Waals surface area (Å²) in [7, 11) is 1.49. The van der Waals surface area contributed by atoms with Gasteiger partial charge in [0.2, 0.25) is 5.91 Å². The van der Waals surface area contributed by atoms with Gasteiger partial charge in [-0.05, 0) is 30.2 Å². The van der Waals surface area contributed by atoms with Crippen molar-refractivity contribution < 1.29 is 14.4 Å². The highest BCUT2D eigenvalue weighted by Crippen LogP contribution is 2.44. The van der Waals surface area contributed by atoms with Gasteiger partial charge in [-0.1, -0.05) is 48.0 Å². The van der Waals surface area contributed by atoms with E-state index in [4.69, 9.17) is 0 Å². The monoisotopic (exact) mass is 317 g/mol. The molecular weight excluding hydrogens is 302 g/mol. The van der Waals surface area contributed by atoms with E-state index in [0.29, 0.717) is 22.3 Å². The van der Waals surface area contributed by atoms with Crippen LogP contribution in [0.25, 0.3) is 0 Å². The molecule has 1 atom stereocenters. The van der Waals surface area contributed by atoms with E-state index in [1.807, 2.05) is 25.1 Å². The smallest absolute Gasteiger partial charge is 0.260 e. The normalized spacial score (nSPS) is 21.9. The highest BCUT2D eigenvalue weighted by molar-refractivity contribution is 6.19. The summed E-state index contributed by atoms with van der Waals surface area (Å²) in [5.74, 6) is -0.775. The summed E-state index contributed by atoms with van der Waals surface area (Å²) in [6.45, 7) is 1.92. The number of aryl methyl sites for hydroxylation is 1. The van der Waals surface area contributed by atoms with E-state index in [-0.39, 0.29) is 17.6 Å². The molecule has 0 aromatic heterocycles. The van der Waals surface area contributed by atoms with Gasteiger partial charge in [0.25, 0.3) is 5.91 Å². The molecule has 0 saturated carbocycles. The molecule has 2 aromatic carbocycles. The summed E-state index contributed by atoms with van der Waals surface area (Å²) >= 11 is 0. The predicted molar refractivity (Wildman–Crippen MR) is 89.0 cm³/mol. The molecule has 1 aliphatic carbocycles. The first-order chi connectivity index (χ1) is 11.5. The van der Waals surface area contributed by atoms with Gasteiger partial charge in [-0.3, -0.25) is 19.3 Å². The van der Waals surface area contributed by atoms with Crippen LogP contribution in [0.3, 0.4) is 0 Å². The lowest BCUT2D eigenvalue weighted by Gasteiger charge is -2.41. The number of carbonyl (C=O) groups is 3. The summed E-state index contributed by atoms with van der Waals surface area (Å²) < 4.78 is 0. The highest BCUT2D eigenvalue weighted by atomic mass is 16.2. The molecule has 2 aliphatic rings. The van der Waals surface area contributed by atoms with Gasteiger partial charge in [0.1, 0.15) is 5.41 Å². The molecule has 2 aromatic rings. The van der Waals surface area contributed by atoms with Gasteiger partial charge in [0.15, 0.2) is 5.78 Å². The standard InChI is InChI=1S/C20H15NO3/c1-12-7-8-14-16(11-12)20(19(24)21(2)18(14)23)10-9-17(22)13-5-3-4-6-15(13)20/h3-11H,1-2H3. The van der Waals surface area contributed by atoms with Crippen molar-refractivity contribution in [3.8, 4) is 0 Å². The highest BCUT2D eigenvalue weighted by Gasteiger charge is 2.51. The fourth-order valence-electron chi connectivity index (χ4n) is 3.67. The molecule has 1 heterocycles. The number of likely N-dealkylation sites (N-methyl/N-ethyl adjacent to an activating group) is 1. The Kier molecular flexibility index (Phi) is 2.88. The first kappa shape index (κ1) is 14.6. The third kappa shape index (κ3) is 1.65. The molecule has 4 nitrogen and oxygen atoms in total. The van der Waals surface area contributed by atoms with Crippen LogP contribution in [0, 0.1) is 6.92 Å². The molecule has 1 aliphatic heterocycles. The third-order valence-electron chi connectivity index (χ3n) is 4.88. The maximum atomic E-state index is 13.2. The number of carbonyl (C=O) groups excluding carboxylic acids is 3. The Balaban J connectivity index is 2.15. The molecule has 2 amide bonds. The van der Waals surface area contributed by atoms with E-state index in [0.717, 1.165) is 10.5 Å². The van der Waals surface area contributed by atoms with Gasteiger partial charge >= 0.3 is 0 Å². The van der Waals surface area contributed by atoms with Crippen LogP contribution in [0.15, 0.2) is 54.6 Å². The Bertz CT molecular complexity index is 957. The van der Waals surface area contributed by atoms with Gasteiger partial charge in [0, 0.05) is 18.2 Å². The van der Waals surface area contributed by atoms with Crippen LogP contribution in [0.1, 0.15) is 37.4 Å². The quantitative estimate of drug-likeness (QED) is 0.702. The van der Waals surface area contributed by atoms with Crippen LogP contribution in [0.2, 0.25) is 0 Å². The lowest BCUT2D eigenvalue weighted by atomic mass is 9.65. The van der Waals surface area contributed by atoms with E-state index in [9.17, 15) is 14.4 Å². The number of imide groups is 1. The second-order valence-corrected chi connectivity index (χ2v) is 6.27. The summed E-state index contributed by atoms with van der Waals surface area (Å²) in [6.07, 6.45) is 3.08. The fourth-order valence-corrected chi connectivity index (χ4v) is 3.67. The van der Waals surface area contributed by atoms with E-state index < -0.39 is 5.41 Å². The van der Waals surface area contributed by atoms with E-state index >= 15 is 0 Å². The zero-order valence-corrected chi connectivity index (χ0v) is 13.4. The van der Waals surface area contributed by atoms with Crippen molar-refractivity contribution in [3.05, 3.63) is 82.4 Å². The molecule has 118 valence electrons. The fraction of sp³-hybridized carbons (Fsp3) is 0.150. The van der Waals surface area contributed by atoms with Crippen molar-refractivity contribution in [3.63, 3.8) is 0 Å². The van der Waals surface area contributed by atoms with E-state index in [2.05, 4.69) is 0 Å². The van der Waals surface area contributed by atoms with E-state index in [1.54, 1.807) is 30.3 Å². The number of rotatable bonds is 0. The molecule has 1 unspecified atom stereocenters. The molecule has 0 bridgehead atoms. The number of hydrogen-bond acceptors (Lipinski definition) is 3. The van der Waals surface area contributed by atoms with Gasteiger partial charge in [-0.25, -0.2) is 0 Å². The molecule has 1 spiro atoms. The number of fused-ring (bicyclic) bond motifs is 4. The van der Waals surface area contributed by atoms with Crippen LogP contribution in [0.5, 0.6) is 0 Å². The Morgan fingerprint density at radius 1 is 0.917 bits per heavy atom. The van der Waals surface area contributed by atoms with Gasteiger partial charge < -0.3 is 0 Å². The van der Waals surface area contributed by atoms with Gasteiger partial charge in [-0.15, -0.1) is 0 Å². The Morgan fingerprint density at radius 3 is 2.46 bits per heavy atom. The molecule has 4 rings (SSSR count). The van der Waals surface area contributed by atoms with Gasteiger partial charge in [-0.2, -0.15) is 0 Å². The van der Waals surface area contributed by atoms with Crippen LogP contribution in [-0.4, -0.2) is 29.5 Å². The molecule has 0 radical (unpaired) electrons. The topological polar surface area (TPSA) is 54.5 Å². The summed E-state index contributed by atoms with van der Waals surface area (Å²) in [4.78, 5) is 39.2. The van der Waals surface area contributed by atoms with Crippen LogP contribution >= 0.6 is 0 Å². The van der Waals surface area contributed by atoms with Crippen molar-refractivity contribution in [1.82, 2.24) is 4.90 Å². The van der Waals surface area contributed by atoms with Crippen molar-refractivity contribution in [2.45, 2.75) is 12.3 Å². The second kappa shape index (κ2) is 4.74.